The first-order valence-electron chi connectivity index (χ1n) is 6.16. The molecule has 0 aromatic carbocycles. The average molecular weight is 239 g/mol. The van der Waals surface area contributed by atoms with Gasteiger partial charge in [-0.2, -0.15) is 5.26 Å². The molecule has 0 aliphatic carbocycles. The lowest BCUT2D eigenvalue weighted by Crippen LogP contribution is -2.31. The molecule has 0 bridgehead atoms. The van der Waals surface area contributed by atoms with Gasteiger partial charge in [0.2, 0.25) is 5.91 Å². The topological polar surface area (TPSA) is 70.1 Å². The maximum absolute atomic E-state index is 11.8. The van der Waals surface area contributed by atoms with Gasteiger partial charge in [0.05, 0.1) is 12.0 Å². The van der Waals surface area contributed by atoms with Crippen LogP contribution in [0, 0.1) is 22.7 Å². The first-order valence-corrected chi connectivity index (χ1v) is 6.16. The highest BCUT2D eigenvalue weighted by atomic mass is 16.2. The quantitative estimate of drug-likeness (QED) is 0.736. The van der Waals surface area contributed by atoms with E-state index >= 15 is 0 Å². The second-order valence-electron chi connectivity index (χ2n) is 5.51. The molecule has 0 heterocycles. The van der Waals surface area contributed by atoms with Crippen molar-refractivity contribution in [2.24, 2.45) is 17.1 Å². The van der Waals surface area contributed by atoms with Crippen molar-refractivity contribution in [1.29, 1.82) is 5.26 Å². The highest BCUT2D eigenvalue weighted by molar-refractivity contribution is 5.75. The van der Waals surface area contributed by atoms with Gasteiger partial charge in [0.1, 0.15) is 0 Å². The third-order valence-corrected chi connectivity index (χ3v) is 3.03. The molecular formula is C13H25N3O. The standard InChI is InChI=1S/C13H25N3O/c1-11(9-15)10-16(4)12(17)5-6-13(2,3)7-8-14/h11H,5-8,10,14H2,1-4H3. The van der Waals surface area contributed by atoms with Crippen molar-refractivity contribution in [3.8, 4) is 6.07 Å². The van der Waals surface area contributed by atoms with Gasteiger partial charge in [-0.25, -0.2) is 0 Å². The Hall–Kier alpha value is -1.08. The number of hydrogen-bond donors (Lipinski definition) is 1. The van der Waals surface area contributed by atoms with Crippen LogP contribution in [0.1, 0.15) is 40.0 Å². The number of rotatable bonds is 7. The van der Waals surface area contributed by atoms with E-state index in [4.69, 9.17) is 11.0 Å². The van der Waals surface area contributed by atoms with Gasteiger partial charge in [-0.1, -0.05) is 13.8 Å². The molecule has 17 heavy (non-hydrogen) atoms. The number of carbonyl (C=O) groups excluding carboxylic acids is 1. The number of hydrogen-bond acceptors (Lipinski definition) is 3. The van der Waals surface area contributed by atoms with Crippen LogP contribution in [0.25, 0.3) is 0 Å². The van der Waals surface area contributed by atoms with Crippen LogP contribution in [-0.4, -0.2) is 30.9 Å². The monoisotopic (exact) mass is 239 g/mol. The van der Waals surface area contributed by atoms with E-state index in [0.29, 0.717) is 19.5 Å². The summed E-state index contributed by atoms with van der Waals surface area (Å²) in [6.07, 6.45) is 2.30. The third-order valence-electron chi connectivity index (χ3n) is 3.03. The van der Waals surface area contributed by atoms with Crippen molar-refractivity contribution in [3.63, 3.8) is 0 Å². The number of amides is 1. The molecular weight excluding hydrogens is 214 g/mol. The minimum atomic E-state index is -0.110. The summed E-state index contributed by atoms with van der Waals surface area (Å²) in [5, 5.41) is 8.69. The molecule has 0 spiro atoms. The Kier molecular flexibility index (Phi) is 6.82. The van der Waals surface area contributed by atoms with E-state index in [0.717, 1.165) is 12.8 Å². The van der Waals surface area contributed by atoms with Crippen LogP contribution in [0.2, 0.25) is 0 Å². The molecule has 98 valence electrons. The number of nitrogens with two attached hydrogens (primary N) is 1. The zero-order valence-electron chi connectivity index (χ0n) is 11.5. The predicted molar refractivity (Wildman–Crippen MR) is 69.1 cm³/mol. The second kappa shape index (κ2) is 7.29. The summed E-state index contributed by atoms with van der Waals surface area (Å²) >= 11 is 0. The predicted octanol–water partition coefficient (Wildman–Crippen LogP) is 1.76. The summed E-state index contributed by atoms with van der Waals surface area (Å²) in [5.41, 5.74) is 5.65. The molecule has 0 saturated carbocycles. The van der Waals surface area contributed by atoms with Crippen LogP contribution < -0.4 is 5.73 Å². The highest BCUT2D eigenvalue weighted by Gasteiger charge is 2.20. The zero-order chi connectivity index (χ0) is 13.5. The van der Waals surface area contributed by atoms with Gasteiger partial charge in [-0.15, -0.1) is 0 Å². The lowest BCUT2D eigenvalue weighted by Gasteiger charge is -2.25. The van der Waals surface area contributed by atoms with E-state index in [2.05, 4.69) is 19.9 Å². The summed E-state index contributed by atoms with van der Waals surface area (Å²) in [4.78, 5) is 13.5. The Labute approximate surface area is 105 Å². The van der Waals surface area contributed by atoms with E-state index in [1.807, 2.05) is 6.92 Å². The maximum atomic E-state index is 11.8. The number of nitriles is 1. The fourth-order valence-electron chi connectivity index (χ4n) is 1.71. The molecule has 2 N–H and O–H groups in total. The Morgan fingerprint density at radius 1 is 1.47 bits per heavy atom. The highest BCUT2D eigenvalue weighted by Crippen LogP contribution is 2.26. The fourth-order valence-corrected chi connectivity index (χ4v) is 1.71. The summed E-state index contributed by atoms with van der Waals surface area (Å²) < 4.78 is 0. The Morgan fingerprint density at radius 2 is 2.06 bits per heavy atom. The van der Waals surface area contributed by atoms with Gasteiger partial charge >= 0.3 is 0 Å². The van der Waals surface area contributed by atoms with Crippen LogP contribution in [0.5, 0.6) is 0 Å². The molecule has 0 aromatic heterocycles. The van der Waals surface area contributed by atoms with Gasteiger partial charge in [-0.3, -0.25) is 4.79 Å². The van der Waals surface area contributed by atoms with Crippen molar-refractivity contribution in [2.75, 3.05) is 20.1 Å². The average Bonchev–Trinajstić information content (AvgIpc) is 2.25. The molecule has 0 aromatic rings. The molecule has 0 fully saturated rings. The molecule has 0 aliphatic rings. The lowest BCUT2D eigenvalue weighted by molar-refractivity contribution is -0.130. The third kappa shape index (κ3) is 6.96. The molecule has 4 nitrogen and oxygen atoms in total. The van der Waals surface area contributed by atoms with Crippen molar-refractivity contribution >= 4 is 5.91 Å². The van der Waals surface area contributed by atoms with E-state index in [-0.39, 0.29) is 17.2 Å². The van der Waals surface area contributed by atoms with Crippen molar-refractivity contribution in [1.82, 2.24) is 4.90 Å². The van der Waals surface area contributed by atoms with Gasteiger partial charge in [0, 0.05) is 20.0 Å². The van der Waals surface area contributed by atoms with Crippen molar-refractivity contribution in [2.45, 2.75) is 40.0 Å². The zero-order valence-corrected chi connectivity index (χ0v) is 11.5. The second-order valence-corrected chi connectivity index (χ2v) is 5.51. The molecule has 1 unspecified atom stereocenters. The van der Waals surface area contributed by atoms with Crippen molar-refractivity contribution < 1.29 is 4.79 Å². The summed E-state index contributed by atoms with van der Waals surface area (Å²) in [5.74, 6) is -0.00167. The van der Waals surface area contributed by atoms with Crippen molar-refractivity contribution in [3.05, 3.63) is 0 Å². The van der Waals surface area contributed by atoms with E-state index in [1.54, 1.807) is 11.9 Å². The SMILES string of the molecule is CC(C#N)CN(C)C(=O)CCC(C)(C)CCN. The first-order chi connectivity index (χ1) is 7.82. The van der Waals surface area contributed by atoms with Gasteiger partial charge in [0.25, 0.3) is 0 Å². The largest absolute Gasteiger partial charge is 0.344 e. The first kappa shape index (κ1) is 15.9. The Bertz CT molecular complexity index is 281. The van der Waals surface area contributed by atoms with Crippen LogP contribution in [-0.2, 0) is 4.79 Å². The maximum Gasteiger partial charge on any atom is 0.222 e. The number of nitrogens with zero attached hydrogens (tertiary/aromatic N) is 2. The Balaban J connectivity index is 4.06. The van der Waals surface area contributed by atoms with Gasteiger partial charge in [0.15, 0.2) is 0 Å². The summed E-state index contributed by atoms with van der Waals surface area (Å²) in [7, 11) is 1.76. The molecule has 0 rings (SSSR count). The smallest absolute Gasteiger partial charge is 0.222 e. The van der Waals surface area contributed by atoms with Crippen LogP contribution in [0.3, 0.4) is 0 Å². The van der Waals surface area contributed by atoms with Crippen LogP contribution in [0.15, 0.2) is 0 Å². The molecule has 0 aliphatic heterocycles. The molecule has 0 saturated heterocycles. The van der Waals surface area contributed by atoms with E-state index in [9.17, 15) is 4.79 Å². The van der Waals surface area contributed by atoms with Gasteiger partial charge < -0.3 is 10.6 Å². The molecule has 1 atom stereocenters. The fraction of sp³-hybridized carbons (Fsp3) is 0.846. The minimum Gasteiger partial charge on any atom is -0.344 e. The van der Waals surface area contributed by atoms with E-state index in [1.165, 1.54) is 0 Å². The molecule has 1 amide bonds. The lowest BCUT2D eigenvalue weighted by atomic mass is 9.84. The molecule has 4 heteroatoms. The van der Waals surface area contributed by atoms with Gasteiger partial charge in [-0.05, 0) is 31.7 Å². The van der Waals surface area contributed by atoms with E-state index < -0.39 is 0 Å². The summed E-state index contributed by atoms with van der Waals surface area (Å²) in [6, 6.07) is 2.13. The van der Waals surface area contributed by atoms with Crippen LogP contribution in [0.4, 0.5) is 0 Å². The molecule has 0 radical (unpaired) electrons. The number of carbonyl (C=O) groups is 1. The Morgan fingerprint density at radius 3 is 2.53 bits per heavy atom. The minimum absolute atomic E-state index is 0.109. The normalized spacial score (nSPS) is 12.9. The van der Waals surface area contributed by atoms with Crippen LogP contribution >= 0.6 is 0 Å². The summed E-state index contributed by atoms with van der Waals surface area (Å²) in [6.45, 7) is 7.24.